The van der Waals surface area contributed by atoms with Gasteiger partial charge in [-0.2, -0.15) is 0 Å². The maximum atomic E-state index is 13.4. The van der Waals surface area contributed by atoms with Gasteiger partial charge in [-0.05, 0) is 49.6 Å². The molecule has 0 spiro atoms. The Kier molecular flexibility index (Phi) is 6.33. The lowest BCUT2D eigenvalue weighted by atomic mass is 10.2. The van der Waals surface area contributed by atoms with Crippen LogP contribution in [0.1, 0.15) is 39.3 Å². The number of anilines is 2. The first kappa shape index (κ1) is 22.1. The molecule has 1 fully saturated rings. The summed E-state index contributed by atoms with van der Waals surface area (Å²) in [5.41, 5.74) is 1.59. The molecule has 166 valence electrons. The number of carbonyl (C=O) groups is 2. The van der Waals surface area contributed by atoms with E-state index in [0.717, 1.165) is 35.5 Å². The molecule has 0 aliphatic carbocycles. The van der Waals surface area contributed by atoms with Gasteiger partial charge in [-0.15, -0.1) is 10.2 Å². The molecule has 0 bridgehead atoms. The topological polar surface area (TPSA) is 87.2 Å². The summed E-state index contributed by atoms with van der Waals surface area (Å²) in [5, 5.41) is 14.3. The molecule has 2 aromatic carbocycles. The van der Waals surface area contributed by atoms with E-state index in [-0.39, 0.29) is 22.8 Å². The maximum Gasteiger partial charge on any atom is 0.322 e. The fraction of sp³-hybridized carbons (Fsp3) is 0.238. The van der Waals surface area contributed by atoms with Gasteiger partial charge in [-0.1, -0.05) is 29.0 Å². The molecule has 0 radical (unpaired) electrons. The zero-order valence-electron chi connectivity index (χ0n) is 16.9. The van der Waals surface area contributed by atoms with E-state index in [1.165, 1.54) is 6.07 Å². The Bertz CT molecular complexity index is 1190. The second kappa shape index (κ2) is 9.17. The molecule has 0 saturated carbocycles. The largest absolute Gasteiger partial charge is 0.322 e. The van der Waals surface area contributed by atoms with Gasteiger partial charge in [0.1, 0.15) is 5.01 Å². The Morgan fingerprint density at radius 1 is 1.12 bits per heavy atom. The van der Waals surface area contributed by atoms with Crippen LogP contribution in [0.15, 0.2) is 36.4 Å². The first-order valence-corrected chi connectivity index (χ1v) is 10.9. The highest BCUT2D eigenvalue weighted by Gasteiger charge is 2.33. The smallest absolute Gasteiger partial charge is 0.320 e. The summed E-state index contributed by atoms with van der Waals surface area (Å²) in [6.45, 7) is 2.43. The zero-order valence-corrected chi connectivity index (χ0v) is 18.4. The summed E-state index contributed by atoms with van der Waals surface area (Å²) >= 11 is 7.26. The molecular formula is C21H18ClF2N5O2S. The van der Waals surface area contributed by atoms with Crippen molar-refractivity contribution in [2.24, 2.45) is 0 Å². The van der Waals surface area contributed by atoms with Gasteiger partial charge in [0.25, 0.3) is 5.91 Å². The van der Waals surface area contributed by atoms with E-state index < -0.39 is 17.5 Å². The normalized spacial score (nSPS) is 15.6. The molecule has 1 aliphatic heterocycles. The number of aryl methyl sites for hydroxylation is 1. The number of carbonyl (C=O) groups excluding carboxylic acids is 2. The molecule has 1 aromatic heterocycles. The molecule has 2 heterocycles. The van der Waals surface area contributed by atoms with Crippen LogP contribution in [0.3, 0.4) is 0 Å². The van der Waals surface area contributed by atoms with E-state index in [1.54, 1.807) is 17.0 Å². The van der Waals surface area contributed by atoms with Gasteiger partial charge < -0.3 is 15.5 Å². The molecular weight excluding hydrogens is 460 g/mol. The van der Waals surface area contributed by atoms with Crippen LogP contribution < -0.4 is 10.6 Å². The van der Waals surface area contributed by atoms with Gasteiger partial charge in [0, 0.05) is 18.3 Å². The van der Waals surface area contributed by atoms with Gasteiger partial charge in [-0.25, -0.2) is 13.6 Å². The lowest BCUT2D eigenvalue weighted by Crippen LogP contribution is -2.34. The van der Waals surface area contributed by atoms with Crippen LogP contribution in [0, 0.1) is 18.6 Å². The molecule has 3 aromatic rings. The fourth-order valence-electron chi connectivity index (χ4n) is 3.39. The Morgan fingerprint density at radius 3 is 2.69 bits per heavy atom. The molecule has 1 saturated heterocycles. The number of amides is 3. The summed E-state index contributed by atoms with van der Waals surface area (Å²) in [7, 11) is 0. The average molecular weight is 478 g/mol. The second-order valence-electron chi connectivity index (χ2n) is 7.29. The van der Waals surface area contributed by atoms with E-state index in [1.807, 2.05) is 13.0 Å². The molecule has 1 atom stereocenters. The highest BCUT2D eigenvalue weighted by molar-refractivity contribution is 7.13. The van der Waals surface area contributed by atoms with Crippen LogP contribution in [-0.4, -0.2) is 33.6 Å². The van der Waals surface area contributed by atoms with Gasteiger partial charge in [-0.3, -0.25) is 4.79 Å². The van der Waals surface area contributed by atoms with Crippen LogP contribution in [0.4, 0.5) is 25.0 Å². The van der Waals surface area contributed by atoms with E-state index in [2.05, 4.69) is 20.8 Å². The SMILES string of the molecule is Cc1ccc(NC(=O)N2CCCC2c2nnc(C(=O)Nc3ccc(F)c(F)c3)s2)c(Cl)c1. The monoisotopic (exact) mass is 477 g/mol. The fourth-order valence-corrected chi connectivity index (χ4v) is 4.56. The zero-order chi connectivity index (χ0) is 22.8. The number of benzene rings is 2. The van der Waals surface area contributed by atoms with Crippen LogP contribution in [-0.2, 0) is 0 Å². The van der Waals surface area contributed by atoms with E-state index in [9.17, 15) is 18.4 Å². The molecule has 7 nitrogen and oxygen atoms in total. The molecule has 3 amide bonds. The van der Waals surface area contributed by atoms with E-state index >= 15 is 0 Å². The standard InChI is InChI=1S/C21H18ClF2N5O2S/c1-11-4-7-16(13(22)9-11)26-21(31)29-8-2-3-17(29)19-27-28-20(32-19)18(30)25-12-5-6-14(23)15(24)10-12/h4-7,9-10,17H,2-3,8H2,1H3,(H,25,30)(H,26,31). The summed E-state index contributed by atoms with van der Waals surface area (Å²) in [4.78, 5) is 26.9. The summed E-state index contributed by atoms with van der Waals surface area (Å²) < 4.78 is 26.4. The predicted molar refractivity (Wildman–Crippen MR) is 118 cm³/mol. The van der Waals surface area contributed by atoms with E-state index in [4.69, 9.17) is 11.6 Å². The Labute approximate surface area is 191 Å². The summed E-state index contributed by atoms with van der Waals surface area (Å²) in [5.74, 6) is -2.67. The Balaban J connectivity index is 1.45. The highest BCUT2D eigenvalue weighted by atomic mass is 35.5. The third kappa shape index (κ3) is 4.71. The van der Waals surface area contributed by atoms with Crippen molar-refractivity contribution < 1.29 is 18.4 Å². The maximum absolute atomic E-state index is 13.4. The first-order chi connectivity index (χ1) is 15.3. The van der Waals surface area contributed by atoms with Gasteiger partial charge in [0.2, 0.25) is 5.01 Å². The van der Waals surface area contributed by atoms with Gasteiger partial charge in [0.15, 0.2) is 11.6 Å². The van der Waals surface area contributed by atoms with Crippen LogP contribution in [0.5, 0.6) is 0 Å². The third-order valence-corrected chi connectivity index (χ3v) is 6.31. The predicted octanol–water partition coefficient (Wildman–Crippen LogP) is 5.40. The minimum Gasteiger partial charge on any atom is -0.320 e. The minimum atomic E-state index is -1.07. The van der Waals surface area contributed by atoms with Crippen molar-refractivity contribution in [1.29, 1.82) is 0 Å². The van der Waals surface area contributed by atoms with Crippen molar-refractivity contribution >= 4 is 46.3 Å². The van der Waals surface area contributed by atoms with Crippen LogP contribution in [0.25, 0.3) is 0 Å². The number of urea groups is 1. The number of halogens is 3. The van der Waals surface area contributed by atoms with Crippen molar-refractivity contribution in [2.75, 3.05) is 17.2 Å². The van der Waals surface area contributed by atoms with Crippen molar-refractivity contribution in [3.05, 3.63) is 68.6 Å². The molecule has 1 unspecified atom stereocenters. The number of hydrogen-bond donors (Lipinski definition) is 2. The molecule has 11 heteroatoms. The first-order valence-electron chi connectivity index (χ1n) is 9.75. The van der Waals surface area contributed by atoms with Gasteiger partial charge in [0.05, 0.1) is 16.8 Å². The van der Waals surface area contributed by atoms with Crippen LogP contribution >= 0.6 is 22.9 Å². The Hall–Kier alpha value is -3.11. The number of likely N-dealkylation sites (tertiary alicyclic amines) is 1. The molecule has 2 N–H and O–H groups in total. The van der Waals surface area contributed by atoms with Crippen molar-refractivity contribution in [3.63, 3.8) is 0 Å². The number of nitrogens with one attached hydrogen (secondary N) is 2. The van der Waals surface area contributed by atoms with E-state index in [0.29, 0.717) is 28.7 Å². The number of hydrogen-bond acceptors (Lipinski definition) is 5. The number of rotatable bonds is 4. The third-order valence-electron chi connectivity index (χ3n) is 4.98. The number of aromatic nitrogens is 2. The van der Waals surface area contributed by atoms with Crippen molar-refractivity contribution in [1.82, 2.24) is 15.1 Å². The minimum absolute atomic E-state index is 0.0542. The molecule has 4 rings (SSSR count). The lowest BCUT2D eigenvalue weighted by molar-refractivity contribution is 0.102. The second-order valence-corrected chi connectivity index (χ2v) is 8.71. The number of nitrogens with zero attached hydrogens (tertiary/aromatic N) is 3. The van der Waals surface area contributed by atoms with Crippen LogP contribution in [0.2, 0.25) is 5.02 Å². The molecule has 32 heavy (non-hydrogen) atoms. The Morgan fingerprint density at radius 2 is 1.94 bits per heavy atom. The highest BCUT2D eigenvalue weighted by Crippen LogP contribution is 2.34. The van der Waals surface area contributed by atoms with Crippen molar-refractivity contribution in [2.45, 2.75) is 25.8 Å². The quantitative estimate of drug-likeness (QED) is 0.526. The van der Waals surface area contributed by atoms with Gasteiger partial charge >= 0.3 is 6.03 Å². The average Bonchev–Trinajstić information content (AvgIpc) is 3.42. The molecule has 1 aliphatic rings. The summed E-state index contributed by atoms with van der Waals surface area (Å²) in [6.07, 6.45) is 1.45. The van der Waals surface area contributed by atoms with Crippen molar-refractivity contribution in [3.8, 4) is 0 Å². The summed E-state index contributed by atoms with van der Waals surface area (Å²) in [6, 6.07) is 7.76. The lowest BCUT2D eigenvalue weighted by Gasteiger charge is -2.23.